The fourth-order valence-corrected chi connectivity index (χ4v) is 1.39. The molecule has 0 unspecified atom stereocenters. The summed E-state index contributed by atoms with van der Waals surface area (Å²) in [5.41, 5.74) is 1.77. The first-order valence-corrected chi connectivity index (χ1v) is 5.37. The van der Waals surface area contributed by atoms with Gasteiger partial charge in [-0.25, -0.2) is 0 Å². The molecule has 2 aromatic carbocycles. The molecule has 0 bridgehead atoms. The van der Waals surface area contributed by atoms with Gasteiger partial charge in [-0.2, -0.15) is 0 Å². The molecule has 0 amide bonds. The predicted octanol–water partition coefficient (Wildman–Crippen LogP) is 3.57. The first-order valence-electron chi connectivity index (χ1n) is 5.37. The maximum atomic E-state index is 9.65. The molecule has 0 fully saturated rings. The Bertz CT molecular complexity index is 480. The Morgan fingerprint density at radius 2 is 1.35 bits per heavy atom. The molecule has 0 radical (unpaired) electrons. The number of anilines is 2. The molecular weight excluding hydrogens is 212 g/mol. The van der Waals surface area contributed by atoms with Gasteiger partial charge in [0.05, 0.1) is 6.20 Å². The molecular formula is C14H14N2O. The lowest BCUT2D eigenvalue weighted by Gasteiger charge is -2.05. The van der Waals surface area contributed by atoms with Crippen LogP contribution in [0.15, 0.2) is 72.7 Å². The normalized spacial score (nSPS) is 10.9. The van der Waals surface area contributed by atoms with E-state index in [1.54, 1.807) is 0 Å². The van der Waals surface area contributed by atoms with Crippen LogP contribution in [0.4, 0.5) is 11.4 Å². The van der Waals surface area contributed by atoms with Gasteiger partial charge < -0.3 is 15.7 Å². The number of aliphatic hydroxyl groups excluding tert-OH is 1. The fourth-order valence-electron chi connectivity index (χ4n) is 1.39. The second-order valence-electron chi connectivity index (χ2n) is 3.53. The molecule has 0 saturated carbocycles. The van der Waals surface area contributed by atoms with Crippen LogP contribution < -0.4 is 10.6 Å². The van der Waals surface area contributed by atoms with Gasteiger partial charge in [-0.1, -0.05) is 36.4 Å². The van der Waals surface area contributed by atoms with Crippen molar-refractivity contribution in [3.05, 3.63) is 72.7 Å². The zero-order valence-corrected chi connectivity index (χ0v) is 9.30. The molecule has 3 nitrogen and oxygen atoms in total. The number of rotatable bonds is 4. The molecule has 0 heterocycles. The number of benzene rings is 2. The minimum atomic E-state index is 0.0695. The first-order chi connectivity index (χ1) is 8.34. The molecule has 0 aliphatic heterocycles. The first kappa shape index (κ1) is 11.1. The van der Waals surface area contributed by atoms with Crippen molar-refractivity contribution in [3.63, 3.8) is 0 Å². The van der Waals surface area contributed by atoms with E-state index in [0.717, 1.165) is 11.4 Å². The van der Waals surface area contributed by atoms with E-state index in [2.05, 4.69) is 10.6 Å². The molecule has 0 aromatic heterocycles. The molecule has 0 atom stereocenters. The van der Waals surface area contributed by atoms with Crippen LogP contribution in [0, 0.1) is 0 Å². The Morgan fingerprint density at radius 3 is 1.94 bits per heavy atom. The highest BCUT2D eigenvalue weighted by Crippen LogP contribution is 2.09. The van der Waals surface area contributed by atoms with E-state index in [9.17, 15) is 5.11 Å². The van der Waals surface area contributed by atoms with Gasteiger partial charge in [0, 0.05) is 11.4 Å². The van der Waals surface area contributed by atoms with Gasteiger partial charge in [0.15, 0.2) is 0 Å². The van der Waals surface area contributed by atoms with Crippen LogP contribution >= 0.6 is 0 Å². The van der Waals surface area contributed by atoms with Gasteiger partial charge in [-0.15, -0.1) is 0 Å². The van der Waals surface area contributed by atoms with Crippen LogP contribution in [-0.4, -0.2) is 5.11 Å². The van der Waals surface area contributed by atoms with Crippen LogP contribution in [0.1, 0.15) is 0 Å². The van der Waals surface area contributed by atoms with Crippen LogP contribution in [0.2, 0.25) is 0 Å². The van der Waals surface area contributed by atoms with Gasteiger partial charge in [0.25, 0.3) is 0 Å². The van der Waals surface area contributed by atoms with Crippen molar-refractivity contribution in [1.29, 1.82) is 0 Å². The highest BCUT2D eigenvalue weighted by atomic mass is 16.3. The summed E-state index contributed by atoms with van der Waals surface area (Å²) in [7, 11) is 0. The Hall–Kier alpha value is -2.42. The molecule has 3 heteroatoms. The Morgan fingerprint density at radius 1 is 0.824 bits per heavy atom. The zero-order valence-electron chi connectivity index (χ0n) is 9.30. The molecule has 2 rings (SSSR count). The summed E-state index contributed by atoms with van der Waals surface area (Å²) in [6.07, 6.45) is 1.52. The van der Waals surface area contributed by atoms with Crippen molar-refractivity contribution in [2.75, 3.05) is 10.6 Å². The minimum absolute atomic E-state index is 0.0695. The lowest BCUT2D eigenvalue weighted by atomic mass is 10.3. The smallest absolute Gasteiger partial charge is 0.205 e. The molecule has 86 valence electrons. The van der Waals surface area contributed by atoms with Crippen molar-refractivity contribution in [2.45, 2.75) is 0 Å². The molecule has 0 aliphatic carbocycles. The zero-order chi connectivity index (χ0) is 11.9. The van der Waals surface area contributed by atoms with Crippen LogP contribution in [0.25, 0.3) is 0 Å². The van der Waals surface area contributed by atoms with Crippen LogP contribution in [0.5, 0.6) is 0 Å². The molecule has 17 heavy (non-hydrogen) atoms. The van der Waals surface area contributed by atoms with E-state index in [1.807, 2.05) is 60.7 Å². The van der Waals surface area contributed by atoms with E-state index in [-0.39, 0.29) is 5.88 Å². The summed E-state index contributed by atoms with van der Waals surface area (Å²) in [5.74, 6) is 0.0695. The highest BCUT2D eigenvalue weighted by Gasteiger charge is 1.93. The van der Waals surface area contributed by atoms with E-state index < -0.39 is 0 Å². The SMILES string of the molecule is O/C(=C\Nc1ccccc1)Nc1ccccc1. The van der Waals surface area contributed by atoms with Gasteiger partial charge in [-0.3, -0.25) is 0 Å². The number of hydrogen-bond donors (Lipinski definition) is 3. The molecule has 3 N–H and O–H groups in total. The van der Waals surface area contributed by atoms with Crippen molar-refractivity contribution < 1.29 is 5.11 Å². The standard InChI is InChI=1S/C14H14N2O/c17-14(16-13-9-5-2-6-10-13)11-15-12-7-3-1-4-8-12/h1-11,15-17H/b14-11-. The van der Waals surface area contributed by atoms with Crippen LogP contribution in [-0.2, 0) is 0 Å². The summed E-state index contributed by atoms with van der Waals surface area (Å²) >= 11 is 0. The summed E-state index contributed by atoms with van der Waals surface area (Å²) in [6, 6.07) is 19.1. The van der Waals surface area contributed by atoms with Crippen LogP contribution in [0.3, 0.4) is 0 Å². The molecule has 2 aromatic rings. The van der Waals surface area contributed by atoms with Crippen molar-refractivity contribution in [3.8, 4) is 0 Å². The van der Waals surface area contributed by atoms with E-state index in [0.29, 0.717) is 0 Å². The predicted molar refractivity (Wildman–Crippen MR) is 70.8 cm³/mol. The molecule has 0 saturated heterocycles. The van der Waals surface area contributed by atoms with Gasteiger partial charge in [0.1, 0.15) is 0 Å². The largest absolute Gasteiger partial charge is 0.494 e. The Kier molecular flexibility index (Phi) is 3.65. The highest BCUT2D eigenvalue weighted by molar-refractivity contribution is 5.49. The summed E-state index contributed by atoms with van der Waals surface area (Å²) in [4.78, 5) is 0. The van der Waals surface area contributed by atoms with E-state index >= 15 is 0 Å². The second kappa shape index (κ2) is 5.61. The number of aliphatic hydroxyl groups is 1. The number of para-hydroxylation sites is 2. The maximum Gasteiger partial charge on any atom is 0.205 e. The fraction of sp³-hybridized carbons (Fsp3) is 0. The molecule has 0 spiro atoms. The van der Waals surface area contributed by atoms with Crippen molar-refractivity contribution in [2.24, 2.45) is 0 Å². The lowest BCUT2D eigenvalue weighted by molar-refractivity contribution is 0.419. The van der Waals surface area contributed by atoms with E-state index in [4.69, 9.17) is 0 Å². The second-order valence-corrected chi connectivity index (χ2v) is 3.53. The number of hydrogen-bond acceptors (Lipinski definition) is 3. The van der Waals surface area contributed by atoms with Crippen molar-refractivity contribution >= 4 is 11.4 Å². The molecule has 0 aliphatic rings. The summed E-state index contributed by atoms with van der Waals surface area (Å²) in [5, 5.41) is 15.5. The number of nitrogens with one attached hydrogen (secondary N) is 2. The average molecular weight is 226 g/mol. The Balaban J connectivity index is 1.94. The lowest BCUT2D eigenvalue weighted by Crippen LogP contribution is -2.01. The third-order valence-corrected chi connectivity index (χ3v) is 2.20. The quantitative estimate of drug-likeness (QED) is 0.698. The maximum absolute atomic E-state index is 9.65. The monoisotopic (exact) mass is 226 g/mol. The Labute approximate surface area is 100 Å². The average Bonchev–Trinajstić information content (AvgIpc) is 2.39. The van der Waals surface area contributed by atoms with Gasteiger partial charge in [0.2, 0.25) is 5.88 Å². The third kappa shape index (κ3) is 3.57. The summed E-state index contributed by atoms with van der Waals surface area (Å²) < 4.78 is 0. The van der Waals surface area contributed by atoms with Crippen molar-refractivity contribution in [1.82, 2.24) is 0 Å². The van der Waals surface area contributed by atoms with E-state index in [1.165, 1.54) is 6.20 Å². The third-order valence-electron chi connectivity index (χ3n) is 2.20. The topological polar surface area (TPSA) is 44.3 Å². The van der Waals surface area contributed by atoms with Gasteiger partial charge >= 0.3 is 0 Å². The minimum Gasteiger partial charge on any atom is -0.494 e. The van der Waals surface area contributed by atoms with Gasteiger partial charge in [-0.05, 0) is 24.3 Å². The summed E-state index contributed by atoms with van der Waals surface area (Å²) in [6.45, 7) is 0.